The van der Waals surface area contributed by atoms with Gasteiger partial charge in [-0.05, 0) is 37.0 Å². The molecule has 0 saturated heterocycles. The van der Waals surface area contributed by atoms with Gasteiger partial charge in [-0.1, -0.05) is 13.8 Å². The molecule has 1 heterocycles. The fourth-order valence-corrected chi connectivity index (χ4v) is 1.34. The van der Waals surface area contributed by atoms with Gasteiger partial charge in [0.15, 0.2) is 0 Å². The Balaban J connectivity index is 2.68. The van der Waals surface area contributed by atoms with Gasteiger partial charge in [0.2, 0.25) is 0 Å². The van der Waals surface area contributed by atoms with Crippen LogP contribution in [0.3, 0.4) is 0 Å². The summed E-state index contributed by atoms with van der Waals surface area (Å²) in [6, 6.07) is 0. The zero-order valence-corrected chi connectivity index (χ0v) is 8.22. The predicted molar refractivity (Wildman–Crippen MR) is 53.3 cm³/mol. The summed E-state index contributed by atoms with van der Waals surface area (Å²) >= 11 is 0. The molecule has 12 heavy (non-hydrogen) atoms. The molecule has 68 valence electrons. The van der Waals surface area contributed by atoms with Crippen LogP contribution >= 0.6 is 0 Å². The van der Waals surface area contributed by atoms with Gasteiger partial charge in [0, 0.05) is 12.3 Å². The highest BCUT2D eigenvalue weighted by Gasteiger charge is 2.22. The molecule has 0 aromatic carbocycles. The lowest BCUT2D eigenvalue weighted by molar-refractivity contribution is 0.343. The van der Waals surface area contributed by atoms with Crippen LogP contribution in [0.5, 0.6) is 0 Å². The third kappa shape index (κ3) is 2.10. The summed E-state index contributed by atoms with van der Waals surface area (Å²) in [7, 11) is 0. The van der Waals surface area contributed by atoms with Crippen molar-refractivity contribution in [2.24, 2.45) is 16.1 Å². The second-order valence-electron chi connectivity index (χ2n) is 4.28. The molecule has 0 atom stereocenters. The molecule has 0 aromatic rings. The topological polar surface area (TPSA) is 38.4 Å². The van der Waals surface area contributed by atoms with Crippen LogP contribution in [0.1, 0.15) is 33.6 Å². The second kappa shape index (κ2) is 3.30. The number of hydrogen-bond acceptors (Lipinski definition) is 2. The Bertz CT molecular complexity index is 224. The van der Waals surface area contributed by atoms with Crippen LogP contribution in [-0.4, -0.2) is 12.3 Å². The first-order valence-corrected chi connectivity index (χ1v) is 4.47. The Morgan fingerprint density at radius 3 is 2.67 bits per heavy atom. The number of rotatable bonds is 1. The van der Waals surface area contributed by atoms with E-state index < -0.39 is 0 Å². The molecule has 0 aliphatic carbocycles. The predicted octanol–water partition coefficient (Wildman–Crippen LogP) is 2.11. The zero-order chi connectivity index (χ0) is 9.19. The van der Waals surface area contributed by atoms with E-state index in [0.717, 1.165) is 18.5 Å². The molecule has 0 bridgehead atoms. The van der Waals surface area contributed by atoms with Crippen LogP contribution in [0, 0.1) is 5.41 Å². The maximum atomic E-state index is 5.43. The van der Waals surface area contributed by atoms with Crippen molar-refractivity contribution < 1.29 is 0 Å². The minimum absolute atomic E-state index is 0.387. The van der Waals surface area contributed by atoms with E-state index in [0.29, 0.717) is 5.41 Å². The van der Waals surface area contributed by atoms with E-state index >= 15 is 0 Å². The van der Waals surface area contributed by atoms with Crippen molar-refractivity contribution in [1.82, 2.24) is 0 Å². The third-order valence-electron chi connectivity index (χ3n) is 2.44. The molecule has 2 nitrogen and oxygen atoms in total. The molecule has 0 unspecified atom stereocenters. The first kappa shape index (κ1) is 9.30. The Kier molecular flexibility index (Phi) is 2.55. The Hall–Kier alpha value is -0.790. The average Bonchev–Trinajstić information content (AvgIpc) is 2.03. The maximum absolute atomic E-state index is 5.43. The molecule has 0 radical (unpaired) electrons. The number of hydrogen-bond donors (Lipinski definition) is 1. The maximum Gasteiger partial charge on any atom is 0.0443 e. The van der Waals surface area contributed by atoms with Gasteiger partial charge in [-0.15, -0.1) is 0 Å². The molecule has 1 rings (SSSR count). The van der Waals surface area contributed by atoms with E-state index in [-0.39, 0.29) is 0 Å². The van der Waals surface area contributed by atoms with Gasteiger partial charge in [0.05, 0.1) is 0 Å². The highest BCUT2D eigenvalue weighted by molar-refractivity contribution is 5.99. The van der Waals surface area contributed by atoms with Gasteiger partial charge >= 0.3 is 0 Å². The molecule has 1 aliphatic rings. The first-order chi connectivity index (χ1) is 5.55. The van der Waals surface area contributed by atoms with Crippen LogP contribution in [0.15, 0.2) is 16.8 Å². The second-order valence-corrected chi connectivity index (χ2v) is 4.28. The summed E-state index contributed by atoms with van der Waals surface area (Å²) < 4.78 is 0. The quantitative estimate of drug-likeness (QED) is 0.636. The molecule has 0 spiro atoms. The standard InChI is InChI=1S/C10H18N2/c1-8(6-11)9-4-5-10(2,3)7-12-9/h6H,4-5,7,11H2,1-3H3. The van der Waals surface area contributed by atoms with Crippen LogP contribution in [-0.2, 0) is 0 Å². The summed E-state index contributed by atoms with van der Waals surface area (Å²) in [6.07, 6.45) is 3.95. The van der Waals surface area contributed by atoms with Gasteiger partial charge < -0.3 is 5.73 Å². The van der Waals surface area contributed by atoms with Crippen molar-refractivity contribution in [3.8, 4) is 0 Å². The highest BCUT2D eigenvalue weighted by Crippen LogP contribution is 2.28. The lowest BCUT2D eigenvalue weighted by Gasteiger charge is -2.27. The lowest BCUT2D eigenvalue weighted by atomic mass is 9.83. The van der Waals surface area contributed by atoms with Gasteiger partial charge in [0.25, 0.3) is 0 Å². The van der Waals surface area contributed by atoms with Crippen LogP contribution < -0.4 is 5.73 Å². The van der Waals surface area contributed by atoms with Crippen molar-refractivity contribution in [2.45, 2.75) is 33.6 Å². The average molecular weight is 166 g/mol. The number of nitrogens with zero attached hydrogens (tertiary/aromatic N) is 1. The molecular weight excluding hydrogens is 148 g/mol. The lowest BCUT2D eigenvalue weighted by Crippen LogP contribution is -2.23. The largest absolute Gasteiger partial charge is 0.404 e. The summed E-state index contributed by atoms with van der Waals surface area (Å²) in [4.78, 5) is 4.52. The smallest absolute Gasteiger partial charge is 0.0443 e. The number of nitrogens with two attached hydrogens (primary N) is 1. The van der Waals surface area contributed by atoms with Crippen LogP contribution in [0.2, 0.25) is 0 Å². The van der Waals surface area contributed by atoms with E-state index in [1.807, 2.05) is 6.92 Å². The number of aliphatic imine (C=N–C) groups is 1. The molecular formula is C10H18N2. The Morgan fingerprint density at radius 1 is 1.58 bits per heavy atom. The molecule has 2 N–H and O–H groups in total. The van der Waals surface area contributed by atoms with E-state index in [4.69, 9.17) is 5.73 Å². The summed E-state index contributed by atoms with van der Waals surface area (Å²) in [5, 5.41) is 0. The molecule has 1 aliphatic heterocycles. The van der Waals surface area contributed by atoms with Gasteiger partial charge in [0.1, 0.15) is 0 Å². The normalized spacial score (nSPS) is 23.6. The summed E-state index contributed by atoms with van der Waals surface area (Å²) in [5.74, 6) is 0. The minimum Gasteiger partial charge on any atom is -0.404 e. The molecule has 0 fully saturated rings. The fourth-order valence-electron chi connectivity index (χ4n) is 1.34. The van der Waals surface area contributed by atoms with Gasteiger partial charge in [-0.2, -0.15) is 0 Å². The third-order valence-corrected chi connectivity index (χ3v) is 2.44. The van der Waals surface area contributed by atoms with Crippen LogP contribution in [0.4, 0.5) is 0 Å². The highest BCUT2D eigenvalue weighted by atomic mass is 14.8. The molecule has 2 heteroatoms. The number of allylic oxidation sites excluding steroid dienone is 1. The van der Waals surface area contributed by atoms with E-state index in [1.54, 1.807) is 6.20 Å². The van der Waals surface area contributed by atoms with E-state index in [1.165, 1.54) is 12.1 Å². The SMILES string of the molecule is CC(=CN)C1=NCC(C)(C)CC1. The van der Waals surface area contributed by atoms with E-state index in [9.17, 15) is 0 Å². The Morgan fingerprint density at radius 2 is 2.25 bits per heavy atom. The van der Waals surface area contributed by atoms with Crippen molar-refractivity contribution in [3.05, 3.63) is 11.8 Å². The van der Waals surface area contributed by atoms with Crippen molar-refractivity contribution in [1.29, 1.82) is 0 Å². The van der Waals surface area contributed by atoms with Crippen molar-refractivity contribution >= 4 is 5.71 Å². The summed E-state index contributed by atoms with van der Waals surface area (Å²) in [5.41, 5.74) is 8.14. The molecule has 0 amide bonds. The first-order valence-electron chi connectivity index (χ1n) is 4.47. The van der Waals surface area contributed by atoms with Gasteiger partial charge in [-0.3, -0.25) is 4.99 Å². The summed E-state index contributed by atoms with van der Waals surface area (Å²) in [6.45, 7) is 7.48. The Labute approximate surface area is 74.6 Å². The molecule has 0 saturated carbocycles. The molecule has 0 aromatic heterocycles. The zero-order valence-electron chi connectivity index (χ0n) is 8.22. The van der Waals surface area contributed by atoms with E-state index in [2.05, 4.69) is 18.8 Å². The van der Waals surface area contributed by atoms with Gasteiger partial charge in [-0.25, -0.2) is 0 Å². The monoisotopic (exact) mass is 166 g/mol. The van der Waals surface area contributed by atoms with Crippen molar-refractivity contribution in [3.63, 3.8) is 0 Å². The minimum atomic E-state index is 0.387. The fraction of sp³-hybridized carbons (Fsp3) is 0.700. The van der Waals surface area contributed by atoms with Crippen LogP contribution in [0.25, 0.3) is 0 Å². The van der Waals surface area contributed by atoms with Crippen molar-refractivity contribution in [2.75, 3.05) is 6.54 Å².